The minimum absolute atomic E-state index is 0.196. The number of thioether (sulfide) groups is 1. The van der Waals surface area contributed by atoms with Crippen LogP contribution in [0.15, 0.2) is 50.8 Å². The summed E-state index contributed by atoms with van der Waals surface area (Å²) in [6, 6.07) is 10.4. The van der Waals surface area contributed by atoms with Crippen LogP contribution in [0, 0.1) is 0 Å². The van der Waals surface area contributed by atoms with Gasteiger partial charge in [-0.3, -0.25) is 19.4 Å². The third kappa shape index (κ3) is 5.76. The highest BCUT2D eigenvalue weighted by Crippen LogP contribution is 2.43. The fraction of sp³-hybridized carbons (Fsp3) is 0.346. The Morgan fingerprint density at radius 3 is 2.68 bits per heavy atom. The van der Waals surface area contributed by atoms with Crippen LogP contribution >= 0.6 is 39.3 Å². The molecular formula is C26H27BrClN4O4S+. The first-order chi connectivity index (χ1) is 17.7. The predicted molar refractivity (Wildman–Crippen MR) is 147 cm³/mol. The van der Waals surface area contributed by atoms with E-state index in [0.29, 0.717) is 37.2 Å². The Morgan fingerprint density at radius 2 is 1.97 bits per heavy atom. The molecule has 0 aliphatic carbocycles. The van der Waals surface area contributed by atoms with Crippen LogP contribution < -0.4 is 19.9 Å². The van der Waals surface area contributed by atoms with Gasteiger partial charge in [0.2, 0.25) is 11.1 Å². The van der Waals surface area contributed by atoms with E-state index in [9.17, 15) is 14.4 Å². The molecule has 1 atom stereocenters. The first kappa shape index (κ1) is 27.3. The van der Waals surface area contributed by atoms with Crippen LogP contribution in [0.4, 0.5) is 5.69 Å². The molecule has 8 nitrogen and oxygen atoms in total. The number of hydrogen-bond donors (Lipinski definition) is 1. The number of H-pyrrole nitrogens is 1. The summed E-state index contributed by atoms with van der Waals surface area (Å²) in [5, 5.41) is 5.59. The Morgan fingerprint density at radius 1 is 1.22 bits per heavy atom. The molecule has 1 aliphatic rings. The van der Waals surface area contributed by atoms with E-state index in [2.05, 4.69) is 27.8 Å². The van der Waals surface area contributed by atoms with E-state index < -0.39 is 12.1 Å². The monoisotopic (exact) mass is 605 g/mol. The van der Waals surface area contributed by atoms with Crippen LogP contribution in [0.5, 0.6) is 5.75 Å². The molecule has 1 aromatic heterocycles. The molecule has 11 heteroatoms. The van der Waals surface area contributed by atoms with Gasteiger partial charge in [-0.25, -0.2) is 4.90 Å². The number of halogens is 2. The Hall–Kier alpha value is -2.69. The van der Waals surface area contributed by atoms with Crippen LogP contribution in [-0.4, -0.2) is 27.7 Å². The lowest BCUT2D eigenvalue weighted by Gasteiger charge is -2.32. The number of para-hydroxylation sites is 1. The van der Waals surface area contributed by atoms with Gasteiger partial charge in [0.15, 0.2) is 5.75 Å². The van der Waals surface area contributed by atoms with Gasteiger partial charge in [-0.2, -0.15) is 0 Å². The normalized spacial score (nSPS) is 14.2. The minimum Gasteiger partial charge on any atom is -0.425 e. The summed E-state index contributed by atoms with van der Waals surface area (Å²) in [6.45, 7) is 4.89. The maximum absolute atomic E-state index is 13.5. The van der Waals surface area contributed by atoms with Gasteiger partial charge in [-0.15, -0.1) is 0 Å². The summed E-state index contributed by atoms with van der Waals surface area (Å²) in [7, 11) is 0. The summed E-state index contributed by atoms with van der Waals surface area (Å²) in [4.78, 5) is 43.1. The lowest BCUT2D eigenvalue weighted by atomic mass is 10.0. The summed E-state index contributed by atoms with van der Waals surface area (Å²) < 4.78 is 7.53. The van der Waals surface area contributed by atoms with E-state index in [1.807, 2.05) is 0 Å². The largest absolute Gasteiger partial charge is 0.425 e. The van der Waals surface area contributed by atoms with Gasteiger partial charge in [0.05, 0.1) is 21.3 Å². The molecule has 0 saturated carbocycles. The van der Waals surface area contributed by atoms with E-state index in [1.165, 1.54) is 35.2 Å². The first-order valence-corrected chi connectivity index (χ1v) is 14.1. The van der Waals surface area contributed by atoms with Gasteiger partial charge >= 0.3 is 17.2 Å². The van der Waals surface area contributed by atoms with Crippen LogP contribution in [-0.2, 0) is 9.59 Å². The fourth-order valence-corrected chi connectivity index (χ4v) is 6.15. The van der Waals surface area contributed by atoms with Crippen molar-refractivity contribution < 1.29 is 19.0 Å². The van der Waals surface area contributed by atoms with Gasteiger partial charge in [0, 0.05) is 29.7 Å². The molecular weight excluding hydrogens is 580 g/mol. The standard InChI is InChI=1S/C26H26BrClN4O4S/c1-4-5-6-9-12-37-26-29-24(35)22-18-10-7-8-11-21(18)31(15(2)33)25(32(22)30-26)19-13-17(28)14-20(27)23(19)36-16(3)34/h7-8,10-11,13-14,25H,4-6,9,12H2,1-3H3/p+1. The number of nitrogens with zero attached hydrogens (tertiary/aromatic N) is 3. The molecule has 0 radical (unpaired) electrons. The van der Waals surface area contributed by atoms with Crippen molar-refractivity contribution in [2.24, 2.45) is 0 Å². The Balaban J connectivity index is 1.95. The second-order valence-electron chi connectivity index (χ2n) is 8.64. The summed E-state index contributed by atoms with van der Waals surface area (Å²) >= 11 is 11.3. The molecule has 0 bridgehead atoms. The average Bonchev–Trinajstić information content (AvgIpc) is 2.84. The van der Waals surface area contributed by atoms with E-state index in [-0.39, 0.29) is 17.2 Å². The molecule has 4 rings (SSSR count). The highest BCUT2D eigenvalue weighted by atomic mass is 79.9. The fourth-order valence-electron chi connectivity index (χ4n) is 4.38. The lowest BCUT2D eigenvalue weighted by molar-refractivity contribution is -0.763. The number of aromatic nitrogens is 3. The quantitative estimate of drug-likeness (QED) is 0.117. The SMILES string of the molecule is CCCCCCSc1n[n+]2c(c(=O)[nH]1)-c1ccccc1N(C(C)=O)C2c1cc(Cl)cc(Br)c1OC(C)=O. The number of nitrogens with one attached hydrogen (secondary N) is 1. The predicted octanol–water partition coefficient (Wildman–Crippen LogP) is 5.65. The summed E-state index contributed by atoms with van der Waals surface area (Å²) in [6.07, 6.45) is 3.44. The number of aromatic amines is 1. The van der Waals surface area contributed by atoms with Crippen molar-refractivity contribution in [3.8, 4) is 17.0 Å². The Labute approximate surface area is 232 Å². The van der Waals surface area contributed by atoms with Crippen molar-refractivity contribution in [1.29, 1.82) is 0 Å². The number of anilines is 1. The van der Waals surface area contributed by atoms with Gasteiger partial charge in [-0.1, -0.05) is 61.7 Å². The van der Waals surface area contributed by atoms with Crippen LogP contribution in [0.2, 0.25) is 5.02 Å². The van der Waals surface area contributed by atoms with Crippen LogP contribution in [0.1, 0.15) is 58.2 Å². The van der Waals surface area contributed by atoms with E-state index in [4.69, 9.17) is 21.4 Å². The van der Waals surface area contributed by atoms with Crippen molar-refractivity contribution in [2.45, 2.75) is 57.8 Å². The number of rotatable bonds is 8. The number of unbranched alkanes of at least 4 members (excludes halogenated alkanes) is 3. The van der Waals surface area contributed by atoms with E-state index >= 15 is 0 Å². The number of fused-ring (bicyclic) bond motifs is 3. The highest BCUT2D eigenvalue weighted by molar-refractivity contribution is 9.10. The molecule has 1 unspecified atom stereocenters. The molecule has 37 heavy (non-hydrogen) atoms. The molecule has 2 aromatic carbocycles. The molecule has 1 N–H and O–H groups in total. The number of esters is 1. The molecule has 1 amide bonds. The number of amides is 1. The summed E-state index contributed by atoms with van der Waals surface area (Å²) in [5.41, 5.74) is 1.47. The Kier molecular flexibility index (Phi) is 8.71. The maximum Gasteiger partial charge on any atom is 0.325 e. The number of hydrogen-bond acceptors (Lipinski definition) is 6. The van der Waals surface area contributed by atoms with Crippen molar-refractivity contribution in [1.82, 2.24) is 10.1 Å². The van der Waals surface area contributed by atoms with Crippen LogP contribution in [0.3, 0.4) is 0 Å². The smallest absolute Gasteiger partial charge is 0.325 e. The van der Waals surface area contributed by atoms with Crippen molar-refractivity contribution in [3.63, 3.8) is 0 Å². The van der Waals surface area contributed by atoms with Crippen molar-refractivity contribution in [2.75, 3.05) is 10.7 Å². The Bertz CT molecular complexity index is 1410. The maximum atomic E-state index is 13.5. The van der Waals surface area contributed by atoms with Crippen LogP contribution in [0.25, 0.3) is 11.3 Å². The molecule has 1 aliphatic heterocycles. The lowest BCUT2D eigenvalue weighted by Crippen LogP contribution is -2.60. The minimum atomic E-state index is -0.937. The molecule has 194 valence electrons. The number of ether oxygens (including phenoxy) is 1. The topological polar surface area (TPSA) is 96.2 Å². The van der Waals surface area contributed by atoms with Crippen molar-refractivity contribution >= 4 is 56.9 Å². The number of benzene rings is 2. The second kappa shape index (κ2) is 11.8. The molecule has 2 heterocycles. The zero-order valence-electron chi connectivity index (χ0n) is 20.7. The molecule has 3 aromatic rings. The van der Waals surface area contributed by atoms with E-state index in [0.717, 1.165) is 31.4 Å². The van der Waals surface area contributed by atoms with Gasteiger partial charge in [0.1, 0.15) is 0 Å². The number of carbonyl (C=O) groups is 2. The number of carbonyl (C=O) groups excluding carboxylic acids is 2. The zero-order valence-corrected chi connectivity index (χ0v) is 23.9. The third-order valence-corrected chi connectivity index (χ3v) is 7.65. The second-order valence-corrected chi connectivity index (χ2v) is 11.0. The van der Waals surface area contributed by atoms with Gasteiger partial charge < -0.3 is 4.74 Å². The average molecular weight is 607 g/mol. The van der Waals surface area contributed by atoms with Crippen molar-refractivity contribution in [3.05, 3.63) is 61.8 Å². The highest BCUT2D eigenvalue weighted by Gasteiger charge is 2.46. The molecule has 0 spiro atoms. The molecule has 0 saturated heterocycles. The first-order valence-electron chi connectivity index (χ1n) is 12.0. The third-order valence-electron chi connectivity index (χ3n) is 5.90. The van der Waals surface area contributed by atoms with E-state index in [1.54, 1.807) is 36.4 Å². The molecule has 0 fully saturated rings. The van der Waals surface area contributed by atoms with Gasteiger partial charge in [-0.05, 0) is 51.3 Å². The zero-order chi connectivity index (χ0) is 26.7. The summed E-state index contributed by atoms with van der Waals surface area (Å²) in [5.74, 6) is 0.168. The van der Waals surface area contributed by atoms with Gasteiger partial charge in [0.25, 0.3) is 6.17 Å².